The fraction of sp³-hybridized carbons (Fsp3) is 0.417. The van der Waals surface area contributed by atoms with Crippen molar-refractivity contribution in [3.05, 3.63) is 30.2 Å². The second-order valence-electron chi connectivity index (χ2n) is 4.31. The van der Waals surface area contributed by atoms with Gasteiger partial charge in [0.05, 0.1) is 18.2 Å². The maximum atomic E-state index is 12.1. The number of imidazole rings is 1. The summed E-state index contributed by atoms with van der Waals surface area (Å²) in [6.07, 6.45) is -0.886. The Kier molecular flexibility index (Phi) is 3.66. The van der Waals surface area contributed by atoms with E-state index in [9.17, 15) is 18.3 Å². The van der Waals surface area contributed by atoms with Crippen LogP contribution < -0.4 is 5.32 Å². The molecule has 2 heterocycles. The molecule has 0 amide bonds. The zero-order chi connectivity index (χ0) is 14.0. The van der Waals surface area contributed by atoms with Gasteiger partial charge in [-0.05, 0) is 18.6 Å². The lowest BCUT2D eigenvalue weighted by atomic mass is 10.1. The summed E-state index contributed by atoms with van der Waals surface area (Å²) >= 11 is 0. The fourth-order valence-corrected chi connectivity index (χ4v) is 1.75. The zero-order valence-corrected chi connectivity index (χ0v) is 10.3. The fourth-order valence-electron chi connectivity index (χ4n) is 1.75. The summed E-state index contributed by atoms with van der Waals surface area (Å²) in [6, 6.07) is 1.61. The predicted octanol–water partition coefficient (Wildman–Crippen LogP) is 2.75. The first-order chi connectivity index (χ1) is 8.87. The third-order valence-corrected chi connectivity index (χ3v) is 2.72. The van der Waals surface area contributed by atoms with E-state index in [0.717, 1.165) is 0 Å². The Morgan fingerprint density at radius 2 is 2.21 bits per heavy atom. The van der Waals surface area contributed by atoms with Gasteiger partial charge in [-0.3, -0.25) is 0 Å². The van der Waals surface area contributed by atoms with Crippen LogP contribution in [0.15, 0.2) is 24.7 Å². The number of halogens is 3. The van der Waals surface area contributed by atoms with Crippen molar-refractivity contribution in [3.63, 3.8) is 0 Å². The van der Waals surface area contributed by atoms with E-state index in [-0.39, 0.29) is 6.54 Å². The van der Waals surface area contributed by atoms with Gasteiger partial charge in [-0.1, -0.05) is 0 Å². The molecule has 0 aliphatic heterocycles. The lowest BCUT2D eigenvalue weighted by Crippen LogP contribution is -2.15. The molecule has 4 nitrogen and oxygen atoms in total. The van der Waals surface area contributed by atoms with Crippen LogP contribution in [-0.2, 0) is 0 Å². The number of nitrogens with zero attached hydrogens (tertiary/aromatic N) is 2. The van der Waals surface area contributed by atoms with Crippen LogP contribution >= 0.6 is 0 Å². The molecule has 0 bridgehead atoms. The van der Waals surface area contributed by atoms with Gasteiger partial charge in [0.15, 0.2) is 5.65 Å². The third-order valence-electron chi connectivity index (χ3n) is 2.72. The molecule has 19 heavy (non-hydrogen) atoms. The number of hydrogen-bond donors (Lipinski definition) is 2. The van der Waals surface area contributed by atoms with E-state index in [1.165, 1.54) is 0 Å². The van der Waals surface area contributed by atoms with E-state index < -0.39 is 18.7 Å². The molecule has 7 heteroatoms. The van der Waals surface area contributed by atoms with Gasteiger partial charge in [0.2, 0.25) is 0 Å². The highest BCUT2D eigenvalue weighted by atomic mass is 19.4. The van der Waals surface area contributed by atoms with Crippen LogP contribution in [-0.4, -0.2) is 27.2 Å². The lowest BCUT2D eigenvalue weighted by molar-refractivity contribution is -0.131. The molecular formula is C12H14F3N3O. The van der Waals surface area contributed by atoms with Crippen LogP contribution in [0.25, 0.3) is 5.65 Å². The first kappa shape index (κ1) is 13.7. The number of nitrogens with one attached hydrogen (secondary N) is 1. The van der Waals surface area contributed by atoms with Crippen LogP contribution in [0.2, 0.25) is 0 Å². The predicted molar refractivity (Wildman–Crippen MR) is 65.0 cm³/mol. The van der Waals surface area contributed by atoms with Gasteiger partial charge in [0.25, 0.3) is 0 Å². The summed E-state index contributed by atoms with van der Waals surface area (Å²) in [4.78, 5) is 4.07. The van der Waals surface area contributed by atoms with Crippen molar-refractivity contribution in [1.29, 1.82) is 0 Å². The number of fused-ring (bicyclic) bond motifs is 1. The Balaban J connectivity index is 2.23. The summed E-state index contributed by atoms with van der Waals surface area (Å²) in [7, 11) is 0. The standard InChI is InChI=1S/C12H14F3N3O/c1-8(19)9-6-10(16-3-2-12(13,14)15)11-17-4-5-18(11)7-9/h4-8,16,19H,2-3H2,1H3. The normalized spacial score (nSPS) is 13.7. The molecular weight excluding hydrogens is 259 g/mol. The number of aromatic nitrogens is 2. The molecule has 104 valence electrons. The second-order valence-corrected chi connectivity index (χ2v) is 4.31. The highest BCUT2D eigenvalue weighted by Crippen LogP contribution is 2.23. The lowest BCUT2D eigenvalue weighted by Gasteiger charge is -2.13. The average Bonchev–Trinajstić information content (AvgIpc) is 2.74. The van der Waals surface area contributed by atoms with E-state index in [0.29, 0.717) is 16.9 Å². The summed E-state index contributed by atoms with van der Waals surface area (Å²) in [5.74, 6) is 0. The van der Waals surface area contributed by atoms with Gasteiger partial charge in [-0.15, -0.1) is 0 Å². The monoisotopic (exact) mass is 273 g/mol. The van der Waals surface area contributed by atoms with Crippen molar-refractivity contribution in [1.82, 2.24) is 9.38 Å². The topological polar surface area (TPSA) is 49.6 Å². The molecule has 0 saturated heterocycles. The van der Waals surface area contributed by atoms with Crippen LogP contribution in [0, 0.1) is 0 Å². The van der Waals surface area contributed by atoms with Crippen molar-refractivity contribution >= 4 is 11.3 Å². The zero-order valence-electron chi connectivity index (χ0n) is 10.3. The molecule has 1 unspecified atom stereocenters. The quantitative estimate of drug-likeness (QED) is 0.900. The molecule has 0 aliphatic rings. The molecule has 0 saturated carbocycles. The molecule has 0 fully saturated rings. The SMILES string of the molecule is CC(O)c1cc(NCCC(F)(F)F)c2nccn2c1. The molecule has 0 spiro atoms. The smallest absolute Gasteiger partial charge is 0.389 e. The van der Waals surface area contributed by atoms with E-state index in [1.807, 2.05) is 0 Å². The van der Waals surface area contributed by atoms with E-state index in [2.05, 4.69) is 10.3 Å². The highest BCUT2D eigenvalue weighted by Gasteiger charge is 2.26. The number of aliphatic hydroxyl groups is 1. The minimum atomic E-state index is -4.19. The number of aliphatic hydroxyl groups excluding tert-OH is 1. The molecule has 0 aliphatic carbocycles. The van der Waals surface area contributed by atoms with Crippen molar-refractivity contribution < 1.29 is 18.3 Å². The van der Waals surface area contributed by atoms with Crippen LogP contribution in [0.1, 0.15) is 25.0 Å². The maximum absolute atomic E-state index is 12.1. The third kappa shape index (κ3) is 3.37. The maximum Gasteiger partial charge on any atom is 0.390 e. The molecule has 2 N–H and O–H groups in total. The molecule has 0 radical (unpaired) electrons. The largest absolute Gasteiger partial charge is 0.390 e. The van der Waals surface area contributed by atoms with Gasteiger partial charge < -0.3 is 14.8 Å². The minimum absolute atomic E-state index is 0.227. The van der Waals surface area contributed by atoms with Crippen LogP contribution in [0.5, 0.6) is 0 Å². The van der Waals surface area contributed by atoms with E-state index >= 15 is 0 Å². The average molecular weight is 273 g/mol. The van der Waals surface area contributed by atoms with E-state index in [4.69, 9.17) is 0 Å². The summed E-state index contributed by atoms with van der Waals surface area (Å²) < 4.78 is 38.0. The Bertz CT molecular complexity index is 563. The van der Waals surface area contributed by atoms with Gasteiger partial charge in [-0.2, -0.15) is 13.2 Å². The molecule has 2 aromatic heterocycles. The van der Waals surface area contributed by atoms with Crippen LogP contribution in [0.3, 0.4) is 0 Å². The van der Waals surface area contributed by atoms with Gasteiger partial charge >= 0.3 is 6.18 Å². The number of rotatable bonds is 4. The summed E-state index contributed by atoms with van der Waals surface area (Å²) in [5, 5.41) is 12.3. The van der Waals surface area contributed by atoms with Gasteiger partial charge in [-0.25, -0.2) is 4.98 Å². The highest BCUT2D eigenvalue weighted by molar-refractivity contribution is 5.68. The first-order valence-corrected chi connectivity index (χ1v) is 5.82. The van der Waals surface area contributed by atoms with Crippen molar-refractivity contribution in [2.45, 2.75) is 25.6 Å². The molecule has 2 aromatic rings. The minimum Gasteiger partial charge on any atom is -0.389 e. The van der Waals surface area contributed by atoms with E-state index in [1.54, 1.807) is 36.0 Å². The number of anilines is 1. The summed E-state index contributed by atoms with van der Waals surface area (Å²) in [5.41, 5.74) is 1.62. The number of hydrogen-bond acceptors (Lipinski definition) is 3. The number of alkyl halides is 3. The van der Waals surface area contributed by atoms with Crippen molar-refractivity contribution in [2.75, 3.05) is 11.9 Å². The Hall–Kier alpha value is -1.76. The molecule has 2 rings (SSSR count). The van der Waals surface area contributed by atoms with Gasteiger partial charge in [0.1, 0.15) is 0 Å². The van der Waals surface area contributed by atoms with Crippen molar-refractivity contribution in [2.24, 2.45) is 0 Å². The summed E-state index contributed by atoms with van der Waals surface area (Å²) in [6.45, 7) is 1.37. The second kappa shape index (κ2) is 5.08. The first-order valence-electron chi connectivity index (χ1n) is 5.82. The number of pyridine rings is 1. The van der Waals surface area contributed by atoms with Gasteiger partial charge in [0, 0.05) is 25.1 Å². The molecule has 0 aromatic carbocycles. The molecule has 1 atom stereocenters. The van der Waals surface area contributed by atoms with Crippen molar-refractivity contribution in [3.8, 4) is 0 Å². The Morgan fingerprint density at radius 1 is 1.47 bits per heavy atom. The Labute approximate surface area is 107 Å². The van der Waals surface area contributed by atoms with Crippen LogP contribution in [0.4, 0.5) is 18.9 Å². The Morgan fingerprint density at radius 3 is 2.84 bits per heavy atom.